The van der Waals surface area contributed by atoms with Crippen molar-refractivity contribution >= 4 is 5.91 Å². The van der Waals surface area contributed by atoms with E-state index in [0.29, 0.717) is 13.1 Å². The molecule has 0 atom stereocenters. The lowest BCUT2D eigenvalue weighted by Crippen LogP contribution is -2.50. The quantitative estimate of drug-likeness (QED) is 0.671. The Morgan fingerprint density at radius 2 is 2.33 bits per heavy atom. The summed E-state index contributed by atoms with van der Waals surface area (Å²) in [6, 6.07) is 2.70. The van der Waals surface area contributed by atoms with Crippen LogP contribution >= 0.6 is 0 Å². The highest BCUT2D eigenvalue weighted by molar-refractivity contribution is 5.90. The SMILES string of the molecule is NC(=O)c1ccc(OC2CNC2)c(F)n1. The average molecular weight is 211 g/mol. The van der Waals surface area contributed by atoms with E-state index in [1.165, 1.54) is 12.1 Å². The van der Waals surface area contributed by atoms with Gasteiger partial charge < -0.3 is 15.8 Å². The first-order valence-electron chi connectivity index (χ1n) is 4.50. The maximum absolute atomic E-state index is 13.3. The number of carbonyl (C=O) groups excluding carboxylic acids is 1. The normalized spacial score (nSPS) is 15.8. The van der Waals surface area contributed by atoms with Gasteiger partial charge in [0.15, 0.2) is 5.75 Å². The van der Waals surface area contributed by atoms with Gasteiger partial charge in [0.05, 0.1) is 0 Å². The Morgan fingerprint density at radius 1 is 1.60 bits per heavy atom. The van der Waals surface area contributed by atoms with Gasteiger partial charge in [-0.15, -0.1) is 0 Å². The maximum Gasteiger partial charge on any atom is 0.267 e. The van der Waals surface area contributed by atoms with Gasteiger partial charge in [-0.1, -0.05) is 0 Å². The second-order valence-electron chi connectivity index (χ2n) is 3.25. The van der Waals surface area contributed by atoms with Gasteiger partial charge in [-0.3, -0.25) is 4.79 Å². The average Bonchev–Trinajstić information content (AvgIpc) is 2.12. The van der Waals surface area contributed by atoms with Crippen LogP contribution in [0.25, 0.3) is 0 Å². The topological polar surface area (TPSA) is 77.2 Å². The Kier molecular flexibility index (Phi) is 2.51. The van der Waals surface area contributed by atoms with Crippen LogP contribution in [0.5, 0.6) is 5.75 Å². The molecule has 3 N–H and O–H groups in total. The first-order valence-corrected chi connectivity index (χ1v) is 4.50. The molecule has 0 spiro atoms. The summed E-state index contributed by atoms with van der Waals surface area (Å²) in [5, 5.41) is 2.99. The number of aromatic nitrogens is 1. The molecule has 0 aliphatic carbocycles. The van der Waals surface area contributed by atoms with E-state index in [1.54, 1.807) is 0 Å². The van der Waals surface area contributed by atoms with Crippen LogP contribution in [-0.2, 0) is 0 Å². The Balaban J connectivity index is 2.14. The number of rotatable bonds is 3. The minimum absolute atomic E-state index is 0.0271. The molecule has 0 aromatic carbocycles. The summed E-state index contributed by atoms with van der Waals surface area (Å²) in [4.78, 5) is 14.1. The van der Waals surface area contributed by atoms with E-state index in [-0.39, 0.29) is 17.5 Å². The second-order valence-corrected chi connectivity index (χ2v) is 3.25. The van der Waals surface area contributed by atoms with Gasteiger partial charge in [-0.25, -0.2) is 4.98 Å². The van der Waals surface area contributed by atoms with E-state index in [0.717, 1.165) is 0 Å². The van der Waals surface area contributed by atoms with Gasteiger partial charge >= 0.3 is 0 Å². The Morgan fingerprint density at radius 3 is 2.80 bits per heavy atom. The van der Waals surface area contributed by atoms with Gasteiger partial charge in [0, 0.05) is 13.1 Å². The smallest absolute Gasteiger partial charge is 0.267 e. The number of carbonyl (C=O) groups is 1. The molecule has 2 heterocycles. The highest BCUT2D eigenvalue weighted by Crippen LogP contribution is 2.17. The van der Waals surface area contributed by atoms with E-state index in [2.05, 4.69) is 10.3 Å². The zero-order chi connectivity index (χ0) is 10.8. The number of amides is 1. The monoisotopic (exact) mass is 211 g/mol. The minimum atomic E-state index is -0.807. The Bertz CT molecular complexity index is 393. The molecule has 2 rings (SSSR count). The van der Waals surface area contributed by atoms with E-state index < -0.39 is 11.9 Å². The summed E-state index contributed by atoms with van der Waals surface area (Å²) in [6.07, 6.45) is -0.0271. The molecule has 1 aliphatic heterocycles. The molecule has 6 heteroatoms. The van der Waals surface area contributed by atoms with Crippen LogP contribution in [0.2, 0.25) is 0 Å². The van der Waals surface area contributed by atoms with Crippen molar-refractivity contribution in [1.82, 2.24) is 10.3 Å². The second kappa shape index (κ2) is 3.82. The lowest BCUT2D eigenvalue weighted by atomic mass is 10.2. The molecule has 0 saturated carbocycles. The summed E-state index contributed by atoms with van der Waals surface area (Å²) in [7, 11) is 0. The van der Waals surface area contributed by atoms with E-state index in [4.69, 9.17) is 10.5 Å². The molecule has 1 saturated heterocycles. The Hall–Kier alpha value is -1.69. The third-order valence-corrected chi connectivity index (χ3v) is 2.10. The third-order valence-electron chi connectivity index (χ3n) is 2.10. The molecular weight excluding hydrogens is 201 g/mol. The highest BCUT2D eigenvalue weighted by atomic mass is 19.1. The number of halogens is 1. The van der Waals surface area contributed by atoms with Crippen molar-refractivity contribution in [1.29, 1.82) is 0 Å². The van der Waals surface area contributed by atoms with Gasteiger partial charge in [0.25, 0.3) is 11.9 Å². The number of nitrogens with one attached hydrogen (secondary N) is 1. The number of nitrogens with zero attached hydrogens (tertiary/aromatic N) is 1. The summed E-state index contributed by atoms with van der Waals surface area (Å²) >= 11 is 0. The summed E-state index contributed by atoms with van der Waals surface area (Å²) in [5.74, 6) is -1.52. The van der Waals surface area contributed by atoms with E-state index in [9.17, 15) is 9.18 Å². The van der Waals surface area contributed by atoms with Crippen LogP contribution < -0.4 is 15.8 Å². The predicted molar refractivity (Wildman–Crippen MR) is 50.0 cm³/mol. The predicted octanol–water partition coefficient (Wildman–Crippen LogP) is -0.330. The molecule has 15 heavy (non-hydrogen) atoms. The van der Waals surface area contributed by atoms with E-state index in [1.807, 2.05) is 0 Å². The molecule has 1 aromatic heterocycles. The van der Waals surface area contributed by atoms with Crippen LogP contribution in [0.15, 0.2) is 12.1 Å². The zero-order valence-electron chi connectivity index (χ0n) is 7.87. The third kappa shape index (κ3) is 2.04. The highest BCUT2D eigenvalue weighted by Gasteiger charge is 2.20. The van der Waals surface area contributed by atoms with Crippen LogP contribution in [0.3, 0.4) is 0 Å². The minimum Gasteiger partial charge on any atom is -0.483 e. The first-order chi connectivity index (χ1) is 7.16. The fourth-order valence-electron chi connectivity index (χ4n) is 1.17. The lowest BCUT2D eigenvalue weighted by molar-refractivity contribution is 0.0993. The molecule has 1 amide bonds. The number of hydrogen-bond donors (Lipinski definition) is 2. The van der Waals surface area contributed by atoms with Crippen LogP contribution in [0.4, 0.5) is 4.39 Å². The van der Waals surface area contributed by atoms with Crippen molar-refractivity contribution in [3.63, 3.8) is 0 Å². The van der Waals surface area contributed by atoms with Gasteiger partial charge in [0.1, 0.15) is 11.8 Å². The van der Waals surface area contributed by atoms with Crippen molar-refractivity contribution in [2.45, 2.75) is 6.10 Å². The number of primary amides is 1. The largest absolute Gasteiger partial charge is 0.483 e. The fourth-order valence-corrected chi connectivity index (χ4v) is 1.17. The zero-order valence-corrected chi connectivity index (χ0v) is 7.87. The number of ether oxygens (including phenoxy) is 1. The molecule has 0 bridgehead atoms. The van der Waals surface area contributed by atoms with Gasteiger partial charge in [0.2, 0.25) is 0 Å². The van der Waals surface area contributed by atoms with Crippen molar-refractivity contribution < 1.29 is 13.9 Å². The van der Waals surface area contributed by atoms with Crippen molar-refractivity contribution in [3.05, 3.63) is 23.8 Å². The van der Waals surface area contributed by atoms with Crippen molar-refractivity contribution in [2.75, 3.05) is 13.1 Å². The first kappa shape index (κ1) is 9.85. The van der Waals surface area contributed by atoms with Gasteiger partial charge in [-0.05, 0) is 12.1 Å². The molecule has 0 radical (unpaired) electrons. The Labute approximate surface area is 85.4 Å². The van der Waals surface area contributed by atoms with Crippen LogP contribution in [-0.4, -0.2) is 30.1 Å². The van der Waals surface area contributed by atoms with Gasteiger partial charge in [-0.2, -0.15) is 4.39 Å². The molecule has 1 aliphatic rings. The lowest BCUT2D eigenvalue weighted by Gasteiger charge is -2.27. The standard InChI is InChI=1S/C9H10FN3O2/c10-8-7(15-5-3-12-4-5)2-1-6(13-8)9(11)14/h1-2,5,12H,3-4H2,(H2,11,14). The fraction of sp³-hybridized carbons (Fsp3) is 0.333. The molecule has 5 nitrogen and oxygen atoms in total. The summed E-state index contributed by atoms with van der Waals surface area (Å²) in [6.45, 7) is 1.38. The van der Waals surface area contributed by atoms with Crippen LogP contribution in [0, 0.1) is 5.95 Å². The van der Waals surface area contributed by atoms with Crippen molar-refractivity contribution in [2.24, 2.45) is 5.73 Å². The molecule has 1 fully saturated rings. The number of pyridine rings is 1. The summed E-state index contributed by atoms with van der Waals surface area (Å²) < 4.78 is 18.5. The van der Waals surface area contributed by atoms with E-state index >= 15 is 0 Å². The molecule has 80 valence electrons. The van der Waals surface area contributed by atoms with Crippen molar-refractivity contribution in [3.8, 4) is 5.75 Å². The number of nitrogens with two attached hydrogens (primary N) is 1. The number of hydrogen-bond acceptors (Lipinski definition) is 4. The molecule has 1 aromatic rings. The summed E-state index contributed by atoms with van der Waals surface area (Å²) in [5.41, 5.74) is 4.85. The molecule has 0 unspecified atom stereocenters. The molecular formula is C9H10FN3O2. The van der Waals surface area contributed by atoms with Crippen LogP contribution in [0.1, 0.15) is 10.5 Å². The maximum atomic E-state index is 13.3.